The topological polar surface area (TPSA) is 27.1 Å². The van der Waals surface area contributed by atoms with Crippen molar-refractivity contribution in [2.75, 3.05) is 0 Å². The lowest BCUT2D eigenvalue weighted by molar-refractivity contribution is 0.305. The first kappa shape index (κ1) is 16.6. The van der Waals surface area contributed by atoms with E-state index in [1.807, 2.05) is 54.1 Å². The molecule has 0 bridgehead atoms. The van der Waals surface area contributed by atoms with E-state index in [1.54, 1.807) is 24.7 Å². The van der Waals surface area contributed by atoms with E-state index in [9.17, 15) is 0 Å². The van der Waals surface area contributed by atoms with Gasteiger partial charge < -0.3 is 9.30 Å². The molecular formula is C19H16Cl2N2O. The number of aromatic nitrogens is 2. The Morgan fingerprint density at radius 1 is 1.21 bits per heavy atom. The Kier molecular flexibility index (Phi) is 5.24. The van der Waals surface area contributed by atoms with Gasteiger partial charge in [0.25, 0.3) is 0 Å². The smallest absolute Gasteiger partial charge is 0.129 e. The second-order valence-electron chi connectivity index (χ2n) is 5.16. The lowest BCUT2D eigenvalue weighted by atomic mass is 10.1. The molecule has 1 aromatic heterocycles. The molecule has 3 nitrogen and oxygen atoms in total. The molecule has 3 aromatic rings. The van der Waals surface area contributed by atoms with Gasteiger partial charge in [0.2, 0.25) is 0 Å². The number of ether oxygens (including phenoxy) is 1. The predicted molar refractivity (Wildman–Crippen MR) is 98.5 cm³/mol. The van der Waals surface area contributed by atoms with Crippen LogP contribution in [0.25, 0.3) is 5.70 Å². The summed E-state index contributed by atoms with van der Waals surface area (Å²) in [6.45, 7) is 2.36. The molecule has 0 aliphatic rings. The fourth-order valence-corrected chi connectivity index (χ4v) is 2.91. The zero-order valence-corrected chi connectivity index (χ0v) is 14.6. The predicted octanol–water partition coefficient (Wildman–Crippen LogP) is 5.68. The maximum absolute atomic E-state index is 6.22. The van der Waals surface area contributed by atoms with E-state index in [4.69, 9.17) is 27.9 Å². The molecule has 0 spiro atoms. The molecule has 0 saturated heterocycles. The van der Waals surface area contributed by atoms with E-state index < -0.39 is 0 Å². The summed E-state index contributed by atoms with van der Waals surface area (Å²) in [5, 5.41) is 1.21. The summed E-state index contributed by atoms with van der Waals surface area (Å²) >= 11 is 12.2. The number of nitrogens with zero attached hydrogens (tertiary/aromatic N) is 2. The molecule has 122 valence electrons. The summed E-state index contributed by atoms with van der Waals surface area (Å²) in [5.41, 5.74) is 2.88. The number of hydrogen-bond acceptors (Lipinski definition) is 2. The van der Waals surface area contributed by atoms with Crippen molar-refractivity contribution in [1.29, 1.82) is 0 Å². The number of rotatable bonds is 5. The minimum Gasteiger partial charge on any atom is -0.488 e. The largest absolute Gasteiger partial charge is 0.488 e. The zero-order valence-electron chi connectivity index (χ0n) is 13.1. The van der Waals surface area contributed by atoms with Crippen molar-refractivity contribution >= 4 is 28.9 Å². The minimum absolute atomic E-state index is 0.369. The Morgan fingerprint density at radius 3 is 2.75 bits per heavy atom. The molecule has 24 heavy (non-hydrogen) atoms. The van der Waals surface area contributed by atoms with Crippen LogP contribution in [0.1, 0.15) is 18.1 Å². The lowest BCUT2D eigenvalue weighted by Crippen LogP contribution is -2.02. The first-order valence-electron chi connectivity index (χ1n) is 7.50. The number of halogens is 2. The fraction of sp³-hybridized carbons (Fsp3) is 0.105. The van der Waals surface area contributed by atoms with Gasteiger partial charge in [-0.1, -0.05) is 47.5 Å². The third-order valence-corrected chi connectivity index (χ3v) is 4.20. The molecule has 3 rings (SSSR count). The summed E-state index contributed by atoms with van der Waals surface area (Å²) in [4.78, 5) is 4.11. The van der Waals surface area contributed by atoms with Gasteiger partial charge in [0.1, 0.15) is 12.4 Å². The summed E-state index contributed by atoms with van der Waals surface area (Å²) < 4.78 is 7.98. The molecule has 1 heterocycles. The van der Waals surface area contributed by atoms with Gasteiger partial charge >= 0.3 is 0 Å². The average Bonchev–Trinajstić information content (AvgIpc) is 3.10. The molecule has 0 aliphatic carbocycles. The van der Waals surface area contributed by atoms with E-state index in [-0.39, 0.29) is 0 Å². The van der Waals surface area contributed by atoms with Gasteiger partial charge in [0.05, 0.1) is 12.0 Å². The van der Waals surface area contributed by atoms with Crippen LogP contribution in [-0.4, -0.2) is 9.55 Å². The Bertz CT molecular complexity index is 858. The Balaban J connectivity index is 1.87. The number of imidazole rings is 1. The highest BCUT2D eigenvalue weighted by Crippen LogP contribution is 2.29. The van der Waals surface area contributed by atoms with Crippen LogP contribution in [0.15, 0.2) is 67.3 Å². The first-order chi connectivity index (χ1) is 11.7. The zero-order chi connectivity index (χ0) is 16.9. The van der Waals surface area contributed by atoms with Crippen molar-refractivity contribution in [3.63, 3.8) is 0 Å². The summed E-state index contributed by atoms with van der Waals surface area (Å²) in [6, 6.07) is 13.3. The van der Waals surface area contributed by atoms with Gasteiger partial charge in [-0.05, 0) is 31.2 Å². The molecule has 0 saturated carbocycles. The highest BCUT2D eigenvalue weighted by atomic mass is 35.5. The number of allylic oxidation sites excluding steroid dienone is 1. The van der Waals surface area contributed by atoms with Crippen LogP contribution in [0.2, 0.25) is 10.0 Å². The molecule has 5 heteroatoms. The van der Waals surface area contributed by atoms with Gasteiger partial charge in [-0.2, -0.15) is 0 Å². The number of para-hydroxylation sites is 1. The van der Waals surface area contributed by atoms with Crippen LogP contribution in [0.3, 0.4) is 0 Å². The molecular weight excluding hydrogens is 343 g/mol. The fourth-order valence-electron chi connectivity index (χ4n) is 2.44. The van der Waals surface area contributed by atoms with Crippen LogP contribution in [0.4, 0.5) is 0 Å². The summed E-state index contributed by atoms with van der Waals surface area (Å²) in [5.74, 6) is 0.783. The van der Waals surface area contributed by atoms with Gasteiger partial charge in [-0.25, -0.2) is 4.98 Å². The van der Waals surface area contributed by atoms with Gasteiger partial charge in [-0.3, -0.25) is 0 Å². The molecule has 0 N–H and O–H groups in total. The maximum Gasteiger partial charge on any atom is 0.129 e. The number of hydrogen-bond donors (Lipinski definition) is 0. The van der Waals surface area contributed by atoms with Crippen molar-refractivity contribution in [2.45, 2.75) is 13.5 Å². The molecule has 0 atom stereocenters. The van der Waals surface area contributed by atoms with Crippen LogP contribution in [0, 0.1) is 0 Å². The van der Waals surface area contributed by atoms with Crippen molar-refractivity contribution in [2.24, 2.45) is 0 Å². The third kappa shape index (κ3) is 3.64. The van der Waals surface area contributed by atoms with E-state index >= 15 is 0 Å². The first-order valence-corrected chi connectivity index (χ1v) is 8.25. The monoisotopic (exact) mass is 358 g/mol. The van der Waals surface area contributed by atoms with Crippen molar-refractivity contribution in [1.82, 2.24) is 9.55 Å². The van der Waals surface area contributed by atoms with Gasteiger partial charge in [-0.15, -0.1) is 0 Å². The molecule has 2 aromatic carbocycles. The minimum atomic E-state index is 0.369. The average molecular weight is 359 g/mol. The van der Waals surface area contributed by atoms with Crippen LogP contribution in [0.5, 0.6) is 5.75 Å². The quantitative estimate of drug-likeness (QED) is 0.586. The van der Waals surface area contributed by atoms with Crippen molar-refractivity contribution < 1.29 is 4.74 Å². The van der Waals surface area contributed by atoms with Gasteiger partial charge in [0, 0.05) is 33.6 Å². The van der Waals surface area contributed by atoms with E-state index in [0.29, 0.717) is 16.7 Å². The summed E-state index contributed by atoms with van der Waals surface area (Å²) in [6.07, 6.45) is 7.45. The van der Waals surface area contributed by atoms with Crippen LogP contribution >= 0.6 is 23.2 Å². The third-order valence-electron chi connectivity index (χ3n) is 3.62. The standard InChI is InChI=1S/C19H16Cl2N2O/c1-2-18(23-10-9-22-13-23)16-5-3-4-6-19(16)24-12-14-7-8-15(20)11-17(14)21/h2-11,13H,12H2,1H3. The number of benzene rings is 2. The lowest BCUT2D eigenvalue weighted by Gasteiger charge is -2.15. The Hall–Kier alpha value is -2.23. The SMILES string of the molecule is CC=C(c1ccccc1OCc1ccc(Cl)cc1Cl)n1ccnc1. The van der Waals surface area contributed by atoms with E-state index in [2.05, 4.69) is 4.98 Å². The molecule has 0 radical (unpaired) electrons. The van der Waals surface area contributed by atoms with Crippen molar-refractivity contribution in [3.05, 3.63) is 88.4 Å². The van der Waals surface area contributed by atoms with Crippen molar-refractivity contribution in [3.8, 4) is 5.75 Å². The molecule has 0 fully saturated rings. The van der Waals surface area contributed by atoms with E-state index in [0.717, 1.165) is 22.6 Å². The second-order valence-corrected chi connectivity index (χ2v) is 6.01. The van der Waals surface area contributed by atoms with Crippen LogP contribution < -0.4 is 4.74 Å². The second kappa shape index (κ2) is 7.56. The summed E-state index contributed by atoms with van der Waals surface area (Å²) in [7, 11) is 0. The Labute approximate surface area is 151 Å². The highest BCUT2D eigenvalue weighted by molar-refractivity contribution is 6.35. The highest BCUT2D eigenvalue weighted by Gasteiger charge is 2.10. The normalized spacial score (nSPS) is 11.5. The van der Waals surface area contributed by atoms with Crippen LogP contribution in [-0.2, 0) is 6.61 Å². The van der Waals surface area contributed by atoms with E-state index in [1.165, 1.54) is 0 Å². The molecule has 0 aliphatic heterocycles. The van der Waals surface area contributed by atoms with Gasteiger partial charge in [0.15, 0.2) is 0 Å². The molecule has 0 unspecified atom stereocenters. The maximum atomic E-state index is 6.22. The molecule has 0 amide bonds. The Morgan fingerprint density at radius 2 is 2.04 bits per heavy atom.